The van der Waals surface area contributed by atoms with E-state index in [1.54, 1.807) is 0 Å². The van der Waals surface area contributed by atoms with E-state index in [0.29, 0.717) is 0 Å². The third kappa shape index (κ3) is 12.9. The molecule has 0 fully saturated rings. The molecule has 0 saturated carbocycles. The molecule has 0 aromatic heterocycles. The molecule has 75 valence electrons. The first kappa shape index (κ1) is 13.9. The van der Waals surface area contributed by atoms with Gasteiger partial charge in [0, 0.05) is 0 Å². The summed E-state index contributed by atoms with van der Waals surface area (Å²) in [6, 6.07) is 0. The monoisotopic (exact) mass is 297 g/mol. The Balaban J connectivity index is 3.23. The summed E-state index contributed by atoms with van der Waals surface area (Å²) in [5, 5.41) is 0. The van der Waals surface area contributed by atoms with Gasteiger partial charge >= 0.3 is 97.4 Å². The van der Waals surface area contributed by atoms with Gasteiger partial charge in [0.1, 0.15) is 0 Å². The predicted octanol–water partition coefficient (Wildman–Crippen LogP) is 5.02. The Morgan fingerprint density at radius 1 is 1.08 bits per heavy atom. The number of unbranched alkanes of at least 4 members (excludes halogenated alkanes) is 2. The molecule has 0 aromatic carbocycles. The molecule has 0 N–H and O–H groups in total. The normalized spacial score (nSPS) is 11.6. The minimum absolute atomic E-state index is 0.939. The van der Waals surface area contributed by atoms with Gasteiger partial charge in [-0.3, -0.25) is 0 Å². The van der Waals surface area contributed by atoms with Crippen LogP contribution in [-0.2, 0) is 19.4 Å². The van der Waals surface area contributed by atoms with E-state index in [1.807, 2.05) is 0 Å². The number of hydrogen-bond donors (Lipinski definition) is 0. The second kappa shape index (κ2) is 11.0. The molecule has 0 unspecified atom stereocenters. The fraction of sp³-hybridized carbons (Fsp3) is 0.600. The first-order valence-corrected chi connectivity index (χ1v) is 12.8. The zero-order valence-electron chi connectivity index (χ0n) is 8.10. The molecule has 0 aliphatic carbocycles. The van der Waals surface area contributed by atoms with Crippen LogP contribution in [0.3, 0.4) is 0 Å². The number of rotatable bonds is 7. The summed E-state index contributed by atoms with van der Waals surface area (Å²) < 4.78 is 0.939. The average Bonchev–Trinajstić information content (AvgIpc) is 2.09. The Labute approximate surface area is 96.8 Å². The molecule has 3 heteroatoms. The molecular formula is C10H17Cl2Zr. The molecule has 13 heavy (non-hydrogen) atoms. The molecule has 0 spiro atoms. The first-order valence-electron chi connectivity index (χ1n) is 4.74. The van der Waals surface area contributed by atoms with Crippen molar-refractivity contribution in [3.8, 4) is 0 Å². The summed E-state index contributed by atoms with van der Waals surface area (Å²) in [4.78, 5) is 0. The maximum atomic E-state index is 5.75. The number of halogens is 2. The van der Waals surface area contributed by atoms with Gasteiger partial charge in [-0.15, -0.1) is 0 Å². The Hall–Kier alpha value is 0.943. The second-order valence-corrected chi connectivity index (χ2v) is 12.1. The van der Waals surface area contributed by atoms with Crippen molar-refractivity contribution in [2.45, 2.75) is 36.7 Å². The van der Waals surface area contributed by atoms with Crippen LogP contribution in [0.4, 0.5) is 0 Å². The van der Waals surface area contributed by atoms with Crippen molar-refractivity contribution < 1.29 is 19.4 Å². The third-order valence-corrected chi connectivity index (χ3v) is 4.77. The Morgan fingerprint density at radius 3 is 2.38 bits per heavy atom. The Morgan fingerprint density at radius 2 is 1.77 bits per heavy atom. The zero-order valence-corrected chi connectivity index (χ0v) is 12.1. The van der Waals surface area contributed by atoms with Crippen molar-refractivity contribution in [2.24, 2.45) is 0 Å². The molecular weight excluding hydrogens is 282 g/mol. The van der Waals surface area contributed by atoms with Crippen LogP contribution in [0.15, 0.2) is 24.3 Å². The summed E-state index contributed by atoms with van der Waals surface area (Å²) in [7, 11) is 11.5. The quantitative estimate of drug-likeness (QED) is 0.457. The van der Waals surface area contributed by atoms with Crippen molar-refractivity contribution in [3.63, 3.8) is 0 Å². The van der Waals surface area contributed by atoms with Crippen molar-refractivity contribution >= 4 is 17.0 Å². The summed E-state index contributed by atoms with van der Waals surface area (Å²) in [5.41, 5.74) is 0. The summed E-state index contributed by atoms with van der Waals surface area (Å²) in [5.74, 6) is 0. The van der Waals surface area contributed by atoms with Crippen LogP contribution in [0.5, 0.6) is 0 Å². The fourth-order valence-corrected chi connectivity index (χ4v) is 2.78. The maximum absolute atomic E-state index is 5.75. The van der Waals surface area contributed by atoms with Crippen molar-refractivity contribution in [1.29, 1.82) is 0 Å². The third-order valence-electron chi connectivity index (χ3n) is 1.60. The summed E-state index contributed by atoms with van der Waals surface area (Å²) in [6.45, 7) is 2.21. The molecule has 0 aliphatic heterocycles. The summed E-state index contributed by atoms with van der Waals surface area (Å²) in [6.07, 6.45) is 13.5. The fourth-order valence-electron chi connectivity index (χ4n) is 0.883. The van der Waals surface area contributed by atoms with Gasteiger partial charge in [0.15, 0.2) is 0 Å². The Bertz CT molecular complexity index is 153. The van der Waals surface area contributed by atoms with E-state index in [1.165, 1.54) is 19.3 Å². The predicted molar refractivity (Wildman–Crippen MR) is 58.9 cm³/mol. The Kier molecular flexibility index (Phi) is 11.8. The van der Waals surface area contributed by atoms with Gasteiger partial charge in [0.05, 0.1) is 0 Å². The number of hydrogen-bond acceptors (Lipinski definition) is 0. The minimum atomic E-state index is -1.88. The van der Waals surface area contributed by atoms with Gasteiger partial charge in [-0.1, -0.05) is 0 Å². The van der Waals surface area contributed by atoms with Gasteiger partial charge in [0.2, 0.25) is 0 Å². The van der Waals surface area contributed by atoms with Crippen LogP contribution >= 0.6 is 17.0 Å². The number of allylic oxidation sites excluding steroid dienone is 4. The van der Waals surface area contributed by atoms with Crippen LogP contribution < -0.4 is 0 Å². The van der Waals surface area contributed by atoms with E-state index in [-0.39, 0.29) is 0 Å². The molecule has 0 rings (SSSR count). The zero-order chi connectivity index (χ0) is 9.94. The van der Waals surface area contributed by atoms with Crippen LogP contribution in [-0.4, -0.2) is 0 Å². The molecule has 0 radical (unpaired) electrons. The van der Waals surface area contributed by atoms with Crippen molar-refractivity contribution in [3.05, 3.63) is 24.3 Å². The van der Waals surface area contributed by atoms with E-state index in [0.717, 1.165) is 10.5 Å². The molecule has 0 nitrogen and oxygen atoms in total. The molecule has 0 amide bonds. The first-order chi connectivity index (χ1) is 6.27. The molecule has 0 saturated heterocycles. The second-order valence-electron chi connectivity index (χ2n) is 2.86. The molecule has 0 aromatic rings. The van der Waals surface area contributed by atoms with Crippen LogP contribution in [0.25, 0.3) is 0 Å². The van der Waals surface area contributed by atoms with E-state index in [4.69, 9.17) is 17.0 Å². The van der Waals surface area contributed by atoms with Crippen molar-refractivity contribution in [2.75, 3.05) is 0 Å². The van der Waals surface area contributed by atoms with E-state index in [9.17, 15) is 0 Å². The molecule has 0 aliphatic rings. The van der Waals surface area contributed by atoms with Gasteiger partial charge in [-0.2, -0.15) is 0 Å². The molecule has 0 atom stereocenters. The van der Waals surface area contributed by atoms with E-state index >= 15 is 0 Å². The topological polar surface area (TPSA) is 0 Å². The molecule has 0 heterocycles. The van der Waals surface area contributed by atoms with E-state index in [2.05, 4.69) is 31.2 Å². The van der Waals surface area contributed by atoms with Crippen LogP contribution in [0, 0.1) is 0 Å². The molecule has 0 bridgehead atoms. The van der Waals surface area contributed by atoms with Gasteiger partial charge < -0.3 is 0 Å². The van der Waals surface area contributed by atoms with E-state index < -0.39 is 19.4 Å². The average molecular weight is 299 g/mol. The SMILES string of the molecule is CCCCC=CCC=C[CH2][Zr]([Cl])[Cl]. The summed E-state index contributed by atoms with van der Waals surface area (Å²) >= 11 is -1.88. The van der Waals surface area contributed by atoms with Gasteiger partial charge in [-0.05, 0) is 0 Å². The van der Waals surface area contributed by atoms with Gasteiger partial charge in [-0.25, -0.2) is 0 Å². The van der Waals surface area contributed by atoms with Crippen molar-refractivity contribution in [1.82, 2.24) is 0 Å². The van der Waals surface area contributed by atoms with Crippen LogP contribution in [0.1, 0.15) is 32.6 Å². The van der Waals surface area contributed by atoms with Crippen LogP contribution in [0.2, 0.25) is 4.13 Å². The van der Waals surface area contributed by atoms with Gasteiger partial charge in [0.25, 0.3) is 0 Å². The standard InChI is InChI=1S/C10H17.2ClH.Zr/c1-3-5-7-9-10-8-6-4-2;;;/h3,5,9-10H,1,4,6-8H2,2H3;2*1H;/q;;;+2/p-2.